The predicted octanol–water partition coefficient (Wildman–Crippen LogP) is 22.3. The van der Waals surface area contributed by atoms with Crippen LogP contribution in [0.3, 0.4) is 0 Å². The zero-order chi connectivity index (χ0) is 65.2. The van der Waals surface area contributed by atoms with Gasteiger partial charge in [0.25, 0.3) is 0 Å². The number of hydrogen-bond acceptors (Lipinski definition) is 9. The van der Waals surface area contributed by atoms with Crippen LogP contribution in [-0.2, 0) is 0 Å². The van der Waals surface area contributed by atoms with Gasteiger partial charge in [-0.05, 0) is 131 Å². The highest BCUT2D eigenvalue weighted by molar-refractivity contribution is 6.39. The maximum atomic E-state index is 6.75. The van der Waals surface area contributed by atoms with Crippen LogP contribution in [0.25, 0.3) is 243 Å². The van der Waals surface area contributed by atoms with E-state index in [1.54, 1.807) is 0 Å². The molecule has 0 amide bonds. The van der Waals surface area contributed by atoms with Gasteiger partial charge < -0.3 is 22.1 Å². The number of aromatic nitrogens is 10. The van der Waals surface area contributed by atoms with Gasteiger partial charge in [0.1, 0.15) is 33.5 Å². The summed E-state index contributed by atoms with van der Waals surface area (Å²) in [4.78, 5) is 32.5. The lowest BCUT2D eigenvalue weighted by Crippen LogP contribution is -2.06. The normalized spacial score (nSPS) is 12.8. The van der Waals surface area contributed by atoms with E-state index >= 15 is 0 Å². The van der Waals surface area contributed by atoms with E-state index in [-0.39, 0.29) is 0 Å². The predicted molar refractivity (Wildman–Crippen MR) is 405 cm³/mol. The van der Waals surface area contributed by atoms with Crippen molar-refractivity contribution in [3.63, 3.8) is 0 Å². The molecule has 0 atom stereocenters. The van der Waals surface area contributed by atoms with Gasteiger partial charge in [0, 0.05) is 86.9 Å². The average Bonchev–Trinajstić information content (AvgIpc) is 1.52. The highest BCUT2D eigenvalue weighted by atomic mass is 16.3. The van der Waals surface area contributed by atoms with Crippen molar-refractivity contribution < 1.29 is 13.3 Å². The fourth-order valence-electron chi connectivity index (χ4n) is 17.5. The molecule has 0 aliphatic rings. The van der Waals surface area contributed by atoms with Crippen molar-refractivity contribution in [1.82, 2.24) is 47.8 Å². The maximum Gasteiger partial charge on any atom is 0.238 e. The van der Waals surface area contributed by atoms with Gasteiger partial charge in [-0.3, -0.25) is 9.13 Å². The first-order valence-corrected chi connectivity index (χ1v) is 33.9. The molecule has 0 N–H and O–H groups in total. The molecule has 11 aromatic heterocycles. The summed E-state index contributed by atoms with van der Waals surface area (Å²) in [6.45, 7) is 0. The number of furan rings is 3. The summed E-state index contributed by atoms with van der Waals surface area (Å²) in [7, 11) is 0. The third kappa shape index (κ3) is 6.69. The molecule has 25 aromatic rings. The zero-order valence-electron chi connectivity index (χ0n) is 53.1. The Morgan fingerprint density at radius 1 is 0.218 bits per heavy atom. The van der Waals surface area contributed by atoms with Gasteiger partial charge in [-0.25, -0.2) is 9.97 Å². The maximum absolute atomic E-state index is 6.75. The molecule has 14 aromatic carbocycles. The lowest BCUT2D eigenvalue weighted by molar-refractivity contribution is 0.668. The zero-order valence-corrected chi connectivity index (χ0v) is 53.1. The Labute approximate surface area is 568 Å². The van der Waals surface area contributed by atoms with Crippen LogP contribution in [0.4, 0.5) is 0 Å². The molecule has 0 aliphatic heterocycles. The van der Waals surface area contributed by atoms with E-state index in [0.29, 0.717) is 35.2 Å². The number of benzene rings is 14. The van der Waals surface area contributed by atoms with Crippen LogP contribution in [-0.4, -0.2) is 47.8 Å². The van der Waals surface area contributed by atoms with Gasteiger partial charge in [-0.2, -0.15) is 19.9 Å². The van der Waals surface area contributed by atoms with Crippen molar-refractivity contribution in [3.05, 3.63) is 267 Å². The van der Waals surface area contributed by atoms with Gasteiger partial charge in [0.2, 0.25) is 11.9 Å². The smallest absolute Gasteiger partial charge is 0.238 e. The van der Waals surface area contributed by atoms with Crippen molar-refractivity contribution in [3.8, 4) is 68.6 Å². The Hall–Kier alpha value is -14.0. The summed E-state index contributed by atoms with van der Waals surface area (Å²) in [5.41, 5.74) is 21.2. The number of nitrogens with zero attached hydrogens (tertiary/aromatic N) is 10. The molecule has 13 nitrogen and oxygen atoms in total. The molecule has 0 unspecified atom stereocenters. The summed E-state index contributed by atoms with van der Waals surface area (Å²) >= 11 is 0. The SMILES string of the molecule is c1ccc(-c2nc(-c3ccc4c(-c5ccc(-c6nc(-c7ccc8c(c7)oc7ccccc78)nc(-n7c8ccc9oc%10ccc%11c%12ccccc%12n%12c%13cccc7c%13c8c9c%10c%11%12)n6)cc5)cccc4c3)nc(-n3c4ccc5oc6ccc7c8ccccc8n8c9cccc3c9c4c5c6c78)n2)cc1. The first-order chi connectivity index (χ1) is 50.1. The van der Waals surface area contributed by atoms with E-state index in [0.717, 1.165) is 187 Å². The monoisotopic (exact) mass is 1290 g/mol. The second kappa shape index (κ2) is 18.5. The topological polar surface area (TPSA) is 135 Å². The molecule has 11 heterocycles. The summed E-state index contributed by atoms with van der Waals surface area (Å²) in [6.07, 6.45) is 0. The summed E-state index contributed by atoms with van der Waals surface area (Å²) in [6, 6.07) is 93.9. The molecular weight excluding hydrogens is 1250 g/mol. The molecule has 101 heavy (non-hydrogen) atoms. The van der Waals surface area contributed by atoms with Crippen molar-refractivity contribution in [2.24, 2.45) is 0 Å². The average molecular weight is 1290 g/mol. The molecule has 0 aliphatic carbocycles. The molecule has 0 bridgehead atoms. The lowest BCUT2D eigenvalue weighted by Gasteiger charge is -2.13. The quantitative estimate of drug-likeness (QED) is 0.153. The second-order valence-corrected chi connectivity index (χ2v) is 26.8. The number of rotatable bonds is 7. The second-order valence-electron chi connectivity index (χ2n) is 26.8. The van der Waals surface area contributed by atoms with Crippen LogP contribution in [0.5, 0.6) is 0 Å². The van der Waals surface area contributed by atoms with Gasteiger partial charge in [0.15, 0.2) is 23.3 Å². The van der Waals surface area contributed by atoms with Crippen LogP contribution in [0.1, 0.15) is 0 Å². The third-order valence-corrected chi connectivity index (χ3v) is 21.7. The Kier molecular flexibility index (Phi) is 9.58. The van der Waals surface area contributed by atoms with E-state index in [1.807, 2.05) is 36.4 Å². The van der Waals surface area contributed by atoms with Gasteiger partial charge in [-0.1, -0.05) is 158 Å². The van der Waals surface area contributed by atoms with E-state index < -0.39 is 0 Å². The standard InChI is InChI=1S/C88H44N10O3/c1-2-13-46(14-3-1)83-89-85(93-87(91-83)97-63-24-11-22-61-73(63)75-65(97)37-41-68-77(75)79-70(100-68)39-35-57-53-16-4-7-20-59(53)95(61)81(57)79)49-31-33-52-48(43-49)15-10-19-51(52)45-27-29-47(30-28-45)84-90-86(50-32-34-56-55-18-6-9-26-67(55)99-72(56)44-50)94-88(92-84)98-64-25-12-23-62-74(64)76-66(98)38-42-69-78(76)80-71(101-69)40-36-58-54-17-5-8-21-60(54)96(62)82(58)80/h1-44H. The van der Waals surface area contributed by atoms with E-state index in [2.05, 4.69) is 248 Å². The molecule has 0 fully saturated rings. The van der Waals surface area contributed by atoms with Crippen LogP contribution < -0.4 is 0 Å². The molecule has 0 saturated heterocycles. The molecule has 464 valence electrons. The summed E-state index contributed by atoms with van der Waals surface area (Å²) in [5.74, 6) is 3.20. The van der Waals surface area contributed by atoms with Gasteiger partial charge >= 0.3 is 0 Å². The molecular formula is C88H44N10O3. The number of fused-ring (bicyclic) bond motifs is 12. The minimum Gasteiger partial charge on any atom is -0.456 e. The Morgan fingerprint density at radius 3 is 1.24 bits per heavy atom. The molecule has 25 rings (SSSR count). The lowest BCUT2D eigenvalue weighted by atomic mass is 9.96. The number of hydrogen-bond donors (Lipinski definition) is 0. The van der Waals surface area contributed by atoms with Crippen LogP contribution in [0.2, 0.25) is 0 Å². The minimum absolute atomic E-state index is 0.492. The molecule has 13 heteroatoms. The Morgan fingerprint density at radius 2 is 0.634 bits per heavy atom. The van der Waals surface area contributed by atoms with Crippen LogP contribution in [0, 0.1) is 0 Å². The van der Waals surface area contributed by atoms with Crippen molar-refractivity contribution in [1.29, 1.82) is 0 Å². The van der Waals surface area contributed by atoms with Crippen LogP contribution in [0.15, 0.2) is 280 Å². The van der Waals surface area contributed by atoms with Crippen molar-refractivity contribution in [2.45, 2.75) is 0 Å². The van der Waals surface area contributed by atoms with Gasteiger partial charge in [0.05, 0.1) is 65.9 Å². The van der Waals surface area contributed by atoms with Crippen molar-refractivity contribution in [2.75, 3.05) is 0 Å². The summed E-state index contributed by atoms with van der Waals surface area (Å²) in [5, 5.41) is 17.8. The van der Waals surface area contributed by atoms with E-state index in [9.17, 15) is 0 Å². The van der Waals surface area contributed by atoms with E-state index in [1.165, 1.54) is 21.5 Å². The number of para-hydroxylation sites is 3. The first-order valence-electron chi connectivity index (χ1n) is 33.9. The summed E-state index contributed by atoms with van der Waals surface area (Å²) < 4.78 is 29.3. The van der Waals surface area contributed by atoms with E-state index in [4.69, 9.17) is 43.2 Å². The third-order valence-electron chi connectivity index (χ3n) is 21.7. The largest absolute Gasteiger partial charge is 0.456 e. The first kappa shape index (κ1) is 52.2. The van der Waals surface area contributed by atoms with Crippen LogP contribution >= 0.6 is 0 Å². The fraction of sp³-hybridized carbons (Fsp3) is 0. The highest BCUT2D eigenvalue weighted by Crippen LogP contribution is 2.51. The van der Waals surface area contributed by atoms with Crippen molar-refractivity contribution >= 4 is 175 Å². The Bertz CT molecular complexity index is 7900. The molecule has 0 radical (unpaired) electrons. The molecule has 0 saturated carbocycles. The van der Waals surface area contributed by atoms with Gasteiger partial charge in [-0.15, -0.1) is 0 Å². The Balaban J connectivity index is 0.643. The highest BCUT2D eigenvalue weighted by Gasteiger charge is 2.31. The minimum atomic E-state index is 0.492. The molecule has 0 spiro atoms. The fourth-order valence-corrected chi connectivity index (χ4v) is 17.5.